The fraction of sp³-hybridized carbons (Fsp3) is 0.333. The highest BCUT2D eigenvalue weighted by atomic mass is 14.9. The third-order valence-electron chi connectivity index (χ3n) is 2.04. The van der Waals surface area contributed by atoms with Crippen molar-refractivity contribution in [1.82, 2.24) is 5.32 Å². The molecule has 1 N–H and O–H groups in total. The average molecular weight is 133 g/mol. The number of rotatable bonds is 0. The van der Waals surface area contributed by atoms with Crippen LogP contribution in [-0.2, 0) is 0 Å². The molecule has 2 aliphatic rings. The number of hydrogen-bond donors (Lipinski definition) is 1. The zero-order chi connectivity index (χ0) is 6.97. The normalized spacial score (nSPS) is 35.1. The van der Waals surface area contributed by atoms with E-state index in [1.807, 2.05) is 6.20 Å². The van der Waals surface area contributed by atoms with Crippen LogP contribution < -0.4 is 5.32 Å². The van der Waals surface area contributed by atoms with Gasteiger partial charge in [0.2, 0.25) is 0 Å². The summed E-state index contributed by atoms with van der Waals surface area (Å²) in [5.74, 6) is 0.602. The number of nitrogens with one attached hydrogen (secondary N) is 1. The van der Waals surface area contributed by atoms with Crippen LogP contribution in [-0.4, -0.2) is 6.04 Å². The Kier molecular flexibility index (Phi) is 1.16. The Morgan fingerprint density at radius 1 is 1.40 bits per heavy atom. The fourth-order valence-electron chi connectivity index (χ4n) is 1.47. The smallest absolute Gasteiger partial charge is 0.0540 e. The van der Waals surface area contributed by atoms with E-state index in [9.17, 15) is 0 Å². The molecule has 0 saturated heterocycles. The molecule has 0 amide bonds. The molecule has 2 rings (SSSR count). The van der Waals surface area contributed by atoms with E-state index in [2.05, 4.69) is 36.5 Å². The van der Waals surface area contributed by atoms with E-state index in [0.29, 0.717) is 12.0 Å². The van der Waals surface area contributed by atoms with Gasteiger partial charge in [0.05, 0.1) is 6.04 Å². The summed E-state index contributed by atoms with van der Waals surface area (Å²) in [6.45, 7) is 2.14. The van der Waals surface area contributed by atoms with Crippen molar-refractivity contribution in [2.75, 3.05) is 0 Å². The molecule has 0 fully saturated rings. The predicted octanol–water partition coefficient (Wildman–Crippen LogP) is 1.60. The Balaban J connectivity index is 2.26. The Morgan fingerprint density at radius 2 is 2.30 bits per heavy atom. The van der Waals surface area contributed by atoms with Gasteiger partial charge < -0.3 is 5.32 Å². The molecule has 1 aliphatic carbocycles. The second-order valence-corrected chi connectivity index (χ2v) is 2.90. The van der Waals surface area contributed by atoms with Gasteiger partial charge in [0.1, 0.15) is 0 Å². The van der Waals surface area contributed by atoms with Gasteiger partial charge in [-0.1, -0.05) is 29.9 Å². The molecule has 1 aliphatic heterocycles. The van der Waals surface area contributed by atoms with Crippen LogP contribution in [0.25, 0.3) is 0 Å². The topological polar surface area (TPSA) is 12.0 Å². The highest BCUT2D eigenvalue weighted by molar-refractivity contribution is 5.30. The fourth-order valence-corrected chi connectivity index (χ4v) is 1.47. The standard InChI is InChI=1S/C9H11N/c1-7-2-3-9-8(6-7)4-5-10-9/h2-6,8-10H,1H3. The van der Waals surface area contributed by atoms with Crippen molar-refractivity contribution in [3.63, 3.8) is 0 Å². The molecular formula is C9H11N. The number of hydrogen-bond acceptors (Lipinski definition) is 1. The highest BCUT2D eigenvalue weighted by Gasteiger charge is 2.19. The summed E-state index contributed by atoms with van der Waals surface area (Å²) in [7, 11) is 0. The molecule has 2 atom stereocenters. The van der Waals surface area contributed by atoms with Gasteiger partial charge in [-0.2, -0.15) is 0 Å². The molecule has 1 nitrogen and oxygen atoms in total. The molecule has 0 aromatic rings. The van der Waals surface area contributed by atoms with Gasteiger partial charge in [-0.3, -0.25) is 0 Å². The molecule has 0 spiro atoms. The first-order chi connectivity index (χ1) is 4.86. The quantitative estimate of drug-likeness (QED) is 0.529. The first-order valence-electron chi connectivity index (χ1n) is 3.65. The van der Waals surface area contributed by atoms with E-state index in [0.717, 1.165) is 0 Å². The Bertz CT molecular complexity index is 223. The van der Waals surface area contributed by atoms with Crippen molar-refractivity contribution in [1.29, 1.82) is 0 Å². The Morgan fingerprint density at radius 3 is 3.20 bits per heavy atom. The van der Waals surface area contributed by atoms with E-state index in [-0.39, 0.29) is 0 Å². The average Bonchev–Trinajstić information content (AvgIpc) is 2.33. The lowest BCUT2D eigenvalue weighted by molar-refractivity contribution is 0.645. The van der Waals surface area contributed by atoms with E-state index in [4.69, 9.17) is 0 Å². The van der Waals surface area contributed by atoms with E-state index in [1.54, 1.807) is 0 Å². The van der Waals surface area contributed by atoms with Crippen LogP contribution in [0.5, 0.6) is 0 Å². The first kappa shape index (κ1) is 5.78. The summed E-state index contributed by atoms with van der Waals surface area (Å²) in [5.41, 5.74) is 1.37. The molecular weight excluding hydrogens is 122 g/mol. The van der Waals surface area contributed by atoms with Gasteiger partial charge in [-0.15, -0.1) is 0 Å². The van der Waals surface area contributed by atoms with E-state index in [1.165, 1.54) is 5.57 Å². The van der Waals surface area contributed by atoms with Gasteiger partial charge >= 0.3 is 0 Å². The molecule has 0 saturated carbocycles. The maximum atomic E-state index is 3.27. The van der Waals surface area contributed by atoms with Gasteiger partial charge in [-0.05, 0) is 13.1 Å². The monoisotopic (exact) mass is 133 g/mol. The largest absolute Gasteiger partial charge is 0.384 e. The van der Waals surface area contributed by atoms with Crippen LogP contribution >= 0.6 is 0 Å². The molecule has 2 unspecified atom stereocenters. The van der Waals surface area contributed by atoms with Crippen LogP contribution in [0.15, 0.2) is 36.1 Å². The summed E-state index contributed by atoms with van der Waals surface area (Å²) in [4.78, 5) is 0. The van der Waals surface area contributed by atoms with E-state index >= 15 is 0 Å². The van der Waals surface area contributed by atoms with Crippen LogP contribution in [0.3, 0.4) is 0 Å². The second kappa shape index (κ2) is 2.01. The second-order valence-electron chi connectivity index (χ2n) is 2.90. The minimum absolute atomic E-state index is 0.531. The molecule has 0 bridgehead atoms. The maximum Gasteiger partial charge on any atom is 0.0540 e. The van der Waals surface area contributed by atoms with Gasteiger partial charge in [-0.25, -0.2) is 0 Å². The minimum Gasteiger partial charge on any atom is -0.384 e. The summed E-state index contributed by atoms with van der Waals surface area (Å²) >= 11 is 0. The van der Waals surface area contributed by atoms with Crippen molar-refractivity contribution in [2.45, 2.75) is 13.0 Å². The van der Waals surface area contributed by atoms with E-state index < -0.39 is 0 Å². The summed E-state index contributed by atoms with van der Waals surface area (Å²) in [5, 5.41) is 3.27. The maximum absolute atomic E-state index is 3.27. The summed E-state index contributed by atoms with van der Waals surface area (Å²) in [6, 6.07) is 0.531. The zero-order valence-electron chi connectivity index (χ0n) is 6.04. The van der Waals surface area contributed by atoms with Crippen molar-refractivity contribution < 1.29 is 0 Å². The molecule has 0 aromatic carbocycles. The Labute approximate surface area is 61.1 Å². The molecule has 0 radical (unpaired) electrons. The van der Waals surface area contributed by atoms with Crippen molar-refractivity contribution in [3.05, 3.63) is 36.1 Å². The van der Waals surface area contributed by atoms with Crippen molar-refractivity contribution in [2.24, 2.45) is 5.92 Å². The lowest BCUT2D eigenvalue weighted by atomic mass is 9.94. The Hall–Kier alpha value is -0.980. The van der Waals surface area contributed by atoms with Crippen LogP contribution in [0.1, 0.15) is 6.92 Å². The number of allylic oxidation sites excluding steroid dienone is 2. The predicted molar refractivity (Wildman–Crippen MR) is 42.5 cm³/mol. The first-order valence-corrected chi connectivity index (χ1v) is 3.65. The summed E-state index contributed by atoms with van der Waals surface area (Å²) < 4.78 is 0. The molecule has 52 valence electrons. The van der Waals surface area contributed by atoms with Crippen LogP contribution in [0.4, 0.5) is 0 Å². The highest BCUT2D eigenvalue weighted by Crippen LogP contribution is 2.21. The van der Waals surface area contributed by atoms with Gasteiger partial charge in [0.15, 0.2) is 0 Å². The van der Waals surface area contributed by atoms with Crippen LogP contribution in [0, 0.1) is 5.92 Å². The number of fused-ring (bicyclic) bond motifs is 1. The lowest BCUT2D eigenvalue weighted by Crippen LogP contribution is -2.24. The summed E-state index contributed by atoms with van der Waals surface area (Å²) in [6.07, 6.45) is 10.9. The molecule has 1 heterocycles. The third-order valence-corrected chi connectivity index (χ3v) is 2.04. The zero-order valence-corrected chi connectivity index (χ0v) is 6.04. The van der Waals surface area contributed by atoms with Crippen molar-refractivity contribution >= 4 is 0 Å². The van der Waals surface area contributed by atoms with Gasteiger partial charge in [0.25, 0.3) is 0 Å². The van der Waals surface area contributed by atoms with Crippen molar-refractivity contribution in [3.8, 4) is 0 Å². The lowest BCUT2D eigenvalue weighted by Gasteiger charge is -2.16. The van der Waals surface area contributed by atoms with Crippen LogP contribution in [0.2, 0.25) is 0 Å². The minimum atomic E-state index is 0.531. The third kappa shape index (κ3) is 0.783. The molecule has 0 aromatic heterocycles. The molecule has 10 heavy (non-hydrogen) atoms. The van der Waals surface area contributed by atoms with Gasteiger partial charge in [0, 0.05) is 5.92 Å². The molecule has 1 heteroatoms. The SMILES string of the molecule is CC1=CC2C=CNC2C=C1.